The average Bonchev–Trinajstić information content (AvgIpc) is 2.93. The molecule has 0 unspecified atom stereocenters. The number of aromatic nitrogens is 2. The van der Waals surface area contributed by atoms with Crippen molar-refractivity contribution in [1.82, 2.24) is 15.1 Å². The van der Waals surface area contributed by atoms with Crippen LogP contribution in [0, 0.1) is 0 Å². The van der Waals surface area contributed by atoms with Gasteiger partial charge in [0.15, 0.2) is 0 Å². The number of hydrogen-bond donors (Lipinski definition) is 2. The molecule has 0 atom stereocenters. The molecule has 0 spiro atoms. The van der Waals surface area contributed by atoms with E-state index in [-0.39, 0.29) is 5.91 Å². The van der Waals surface area contributed by atoms with Crippen molar-refractivity contribution in [2.45, 2.75) is 19.4 Å². The molecule has 1 amide bonds. The SMILES string of the molecule is NC(=O)CCCNCc1ccc(-n2cccn2)cc1. The number of hydrogen-bond acceptors (Lipinski definition) is 3. The van der Waals surface area contributed by atoms with Crippen molar-refractivity contribution in [3.63, 3.8) is 0 Å². The monoisotopic (exact) mass is 258 g/mol. The molecular weight excluding hydrogens is 240 g/mol. The normalized spacial score (nSPS) is 10.5. The van der Waals surface area contributed by atoms with E-state index in [2.05, 4.69) is 22.5 Å². The Kier molecular flexibility index (Phi) is 4.69. The van der Waals surface area contributed by atoms with Crippen molar-refractivity contribution < 1.29 is 4.79 Å². The Morgan fingerprint density at radius 2 is 2.11 bits per heavy atom. The number of primary amides is 1. The van der Waals surface area contributed by atoms with E-state index in [0.717, 1.165) is 25.2 Å². The number of carbonyl (C=O) groups is 1. The van der Waals surface area contributed by atoms with Crippen LogP contribution < -0.4 is 11.1 Å². The maximum atomic E-state index is 10.6. The molecule has 0 bridgehead atoms. The minimum atomic E-state index is -0.245. The van der Waals surface area contributed by atoms with Gasteiger partial charge in [-0.25, -0.2) is 4.68 Å². The van der Waals surface area contributed by atoms with Gasteiger partial charge in [0.1, 0.15) is 0 Å². The first-order valence-corrected chi connectivity index (χ1v) is 6.34. The number of carbonyl (C=O) groups excluding carboxylic acids is 1. The average molecular weight is 258 g/mol. The lowest BCUT2D eigenvalue weighted by Crippen LogP contribution is -2.18. The molecule has 0 fully saturated rings. The fourth-order valence-corrected chi connectivity index (χ4v) is 1.81. The fourth-order valence-electron chi connectivity index (χ4n) is 1.81. The van der Waals surface area contributed by atoms with Crippen LogP contribution in [0.1, 0.15) is 18.4 Å². The molecular formula is C14H18N4O. The molecule has 1 heterocycles. The van der Waals surface area contributed by atoms with Gasteiger partial charge in [0.05, 0.1) is 5.69 Å². The van der Waals surface area contributed by atoms with Crippen LogP contribution >= 0.6 is 0 Å². The standard InChI is InChI=1S/C14H18N4O/c15-14(19)3-1-8-16-11-12-4-6-13(7-5-12)18-10-2-9-17-18/h2,4-7,9-10,16H,1,3,8,11H2,(H2,15,19). The summed E-state index contributed by atoms with van der Waals surface area (Å²) in [6.07, 6.45) is 4.89. The Hall–Kier alpha value is -2.14. The summed E-state index contributed by atoms with van der Waals surface area (Å²) in [5.41, 5.74) is 7.32. The van der Waals surface area contributed by atoms with Crippen LogP contribution in [0.3, 0.4) is 0 Å². The van der Waals surface area contributed by atoms with E-state index < -0.39 is 0 Å². The third-order valence-electron chi connectivity index (χ3n) is 2.81. The predicted molar refractivity (Wildman–Crippen MR) is 73.7 cm³/mol. The lowest BCUT2D eigenvalue weighted by molar-refractivity contribution is -0.118. The molecule has 3 N–H and O–H groups in total. The Morgan fingerprint density at radius 3 is 2.74 bits per heavy atom. The van der Waals surface area contributed by atoms with Gasteiger partial charge in [-0.05, 0) is 36.7 Å². The summed E-state index contributed by atoms with van der Waals surface area (Å²) >= 11 is 0. The first-order valence-electron chi connectivity index (χ1n) is 6.34. The topological polar surface area (TPSA) is 72.9 Å². The van der Waals surface area contributed by atoms with Crippen LogP contribution in [0.4, 0.5) is 0 Å². The molecule has 0 aliphatic carbocycles. The maximum Gasteiger partial charge on any atom is 0.217 e. The lowest BCUT2D eigenvalue weighted by atomic mass is 10.2. The van der Waals surface area contributed by atoms with Gasteiger partial charge >= 0.3 is 0 Å². The molecule has 2 aromatic rings. The summed E-state index contributed by atoms with van der Waals surface area (Å²) in [6.45, 7) is 1.59. The molecule has 5 heteroatoms. The molecule has 19 heavy (non-hydrogen) atoms. The highest BCUT2D eigenvalue weighted by Crippen LogP contribution is 2.08. The Labute approximate surface area is 112 Å². The molecule has 0 aliphatic heterocycles. The van der Waals surface area contributed by atoms with Gasteiger partial charge in [-0.1, -0.05) is 12.1 Å². The van der Waals surface area contributed by atoms with Gasteiger partial charge in [0.25, 0.3) is 0 Å². The van der Waals surface area contributed by atoms with Crippen molar-refractivity contribution in [1.29, 1.82) is 0 Å². The van der Waals surface area contributed by atoms with Crippen LogP contribution in [0.5, 0.6) is 0 Å². The van der Waals surface area contributed by atoms with Crippen molar-refractivity contribution in [3.8, 4) is 5.69 Å². The summed E-state index contributed by atoms with van der Waals surface area (Å²) in [6, 6.07) is 10.1. The number of rotatable bonds is 7. The van der Waals surface area contributed by atoms with E-state index in [9.17, 15) is 4.79 Å². The van der Waals surface area contributed by atoms with E-state index in [0.29, 0.717) is 6.42 Å². The summed E-state index contributed by atoms with van der Waals surface area (Å²) in [7, 11) is 0. The number of nitrogens with zero attached hydrogens (tertiary/aromatic N) is 2. The molecule has 0 saturated heterocycles. The van der Waals surface area contributed by atoms with Gasteiger partial charge < -0.3 is 11.1 Å². The summed E-state index contributed by atoms with van der Waals surface area (Å²) in [5, 5.41) is 7.46. The highest BCUT2D eigenvalue weighted by Gasteiger charge is 1.98. The van der Waals surface area contributed by atoms with E-state index in [4.69, 9.17) is 5.73 Å². The second-order valence-electron chi connectivity index (χ2n) is 4.36. The van der Waals surface area contributed by atoms with Gasteiger partial charge in [-0.15, -0.1) is 0 Å². The quantitative estimate of drug-likeness (QED) is 0.734. The largest absolute Gasteiger partial charge is 0.370 e. The third-order valence-corrected chi connectivity index (χ3v) is 2.81. The minimum Gasteiger partial charge on any atom is -0.370 e. The molecule has 1 aromatic heterocycles. The zero-order valence-corrected chi connectivity index (χ0v) is 10.7. The molecule has 0 radical (unpaired) electrons. The Balaban J connectivity index is 1.78. The number of nitrogens with two attached hydrogens (primary N) is 1. The lowest BCUT2D eigenvalue weighted by Gasteiger charge is -2.06. The summed E-state index contributed by atoms with van der Waals surface area (Å²) < 4.78 is 1.82. The highest BCUT2D eigenvalue weighted by atomic mass is 16.1. The molecule has 5 nitrogen and oxygen atoms in total. The summed E-state index contributed by atoms with van der Waals surface area (Å²) in [5.74, 6) is -0.245. The fraction of sp³-hybridized carbons (Fsp3) is 0.286. The maximum absolute atomic E-state index is 10.6. The molecule has 1 aromatic carbocycles. The zero-order chi connectivity index (χ0) is 13.5. The first kappa shape index (κ1) is 13.3. The van der Waals surface area contributed by atoms with Crippen molar-refractivity contribution in [2.75, 3.05) is 6.54 Å². The van der Waals surface area contributed by atoms with Gasteiger partial charge in [-0.2, -0.15) is 5.10 Å². The van der Waals surface area contributed by atoms with E-state index in [1.54, 1.807) is 6.20 Å². The van der Waals surface area contributed by atoms with E-state index in [1.165, 1.54) is 5.56 Å². The summed E-state index contributed by atoms with van der Waals surface area (Å²) in [4.78, 5) is 10.6. The molecule has 100 valence electrons. The van der Waals surface area contributed by atoms with E-state index >= 15 is 0 Å². The van der Waals surface area contributed by atoms with E-state index in [1.807, 2.05) is 29.1 Å². The smallest absolute Gasteiger partial charge is 0.217 e. The number of amides is 1. The minimum absolute atomic E-state index is 0.245. The van der Waals surface area contributed by atoms with Crippen LogP contribution in [-0.2, 0) is 11.3 Å². The molecule has 0 aliphatic rings. The predicted octanol–water partition coefficient (Wildman–Crippen LogP) is 1.23. The van der Waals surface area contributed by atoms with Crippen molar-refractivity contribution in [3.05, 3.63) is 48.3 Å². The number of benzene rings is 1. The second-order valence-corrected chi connectivity index (χ2v) is 4.36. The van der Waals surface area contributed by atoms with Gasteiger partial charge in [-0.3, -0.25) is 4.79 Å². The van der Waals surface area contributed by atoms with Crippen LogP contribution in [0.25, 0.3) is 5.69 Å². The Morgan fingerprint density at radius 1 is 1.32 bits per heavy atom. The first-order chi connectivity index (χ1) is 9.25. The van der Waals surface area contributed by atoms with Crippen molar-refractivity contribution in [2.24, 2.45) is 5.73 Å². The zero-order valence-electron chi connectivity index (χ0n) is 10.7. The number of nitrogens with one attached hydrogen (secondary N) is 1. The Bertz CT molecular complexity index is 505. The van der Waals surface area contributed by atoms with Gasteiger partial charge in [0.2, 0.25) is 5.91 Å². The van der Waals surface area contributed by atoms with Crippen LogP contribution in [-0.4, -0.2) is 22.2 Å². The third kappa shape index (κ3) is 4.22. The van der Waals surface area contributed by atoms with Gasteiger partial charge in [0, 0.05) is 25.4 Å². The van der Waals surface area contributed by atoms with Crippen molar-refractivity contribution >= 4 is 5.91 Å². The van der Waals surface area contributed by atoms with Crippen LogP contribution in [0.15, 0.2) is 42.7 Å². The molecule has 0 saturated carbocycles. The van der Waals surface area contributed by atoms with Crippen LogP contribution in [0.2, 0.25) is 0 Å². The molecule has 2 rings (SSSR count). The second kappa shape index (κ2) is 6.70. The highest BCUT2D eigenvalue weighted by molar-refractivity contribution is 5.73.